The Hall–Kier alpha value is -1.18. The van der Waals surface area contributed by atoms with Crippen LogP contribution in [-0.4, -0.2) is 73.3 Å². The lowest BCUT2D eigenvalue weighted by atomic mass is 10.3. The number of piperazine rings is 1. The van der Waals surface area contributed by atoms with E-state index >= 15 is 0 Å². The van der Waals surface area contributed by atoms with Crippen molar-refractivity contribution in [3.05, 3.63) is 26.9 Å². The molecule has 0 radical (unpaired) electrons. The largest absolute Gasteiger partial charge is 0.338 e. The van der Waals surface area contributed by atoms with Gasteiger partial charge in [-0.1, -0.05) is 0 Å². The van der Waals surface area contributed by atoms with E-state index < -0.39 is 0 Å². The summed E-state index contributed by atoms with van der Waals surface area (Å²) in [6.07, 6.45) is 3.44. The van der Waals surface area contributed by atoms with Crippen molar-refractivity contribution in [2.45, 2.75) is 0 Å². The van der Waals surface area contributed by atoms with Crippen LogP contribution < -0.4 is 0 Å². The Balaban J connectivity index is 1.82. The fourth-order valence-electron chi connectivity index (χ4n) is 2.22. The molecule has 0 atom stereocenters. The molecular weight excluding hydrogens is 366 g/mol. The first kappa shape index (κ1) is 17.2. The number of carbonyl (C=O) groups excluding carboxylic acids is 2. The van der Waals surface area contributed by atoms with E-state index in [9.17, 15) is 9.59 Å². The number of likely N-dealkylation sites (N-methyl/N-ethyl adjacent to an activating group) is 1. The second kappa shape index (κ2) is 7.89. The van der Waals surface area contributed by atoms with Crippen LogP contribution in [0.15, 0.2) is 22.0 Å². The number of amides is 2. The van der Waals surface area contributed by atoms with Gasteiger partial charge in [-0.2, -0.15) is 0 Å². The van der Waals surface area contributed by atoms with Crippen LogP contribution in [0.2, 0.25) is 0 Å². The smallest absolute Gasteiger partial charge is 0.246 e. The Kier molecular flexibility index (Phi) is 6.16. The van der Waals surface area contributed by atoms with Crippen LogP contribution in [0.25, 0.3) is 6.08 Å². The Morgan fingerprint density at radius 1 is 1.23 bits per heavy atom. The third-order valence-electron chi connectivity index (χ3n) is 3.38. The molecule has 1 aromatic rings. The summed E-state index contributed by atoms with van der Waals surface area (Å²) in [4.78, 5) is 30.6. The van der Waals surface area contributed by atoms with Gasteiger partial charge in [0.1, 0.15) is 0 Å². The van der Waals surface area contributed by atoms with Gasteiger partial charge in [0.2, 0.25) is 11.8 Å². The molecule has 0 aliphatic carbocycles. The van der Waals surface area contributed by atoms with Gasteiger partial charge in [0.05, 0.1) is 10.3 Å². The van der Waals surface area contributed by atoms with Gasteiger partial charge in [-0.15, -0.1) is 11.3 Å². The van der Waals surface area contributed by atoms with E-state index in [0.717, 1.165) is 8.66 Å². The quantitative estimate of drug-likeness (QED) is 0.741. The molecule has 0 aromatic carbocycles. The van der Waals surface area contributed by atoms with Gasteiger partial charge < -0.3 is 14.7 Å². The third kappa shape index (κ3) is 4.93. The predicted molar refractivity (Wildman–Crippen MR) is 92.8 cm³/mol. The lowest BCUT2D eigenvalue weighted by Gasteiger charge is -2.34. The molecule has 2 heterocycles. The molecule has 0 bridgehead atoms. The first-order valence-corrected chi connectivity index (χ1v) is 8.71. The van der Waals surface area contributed by atoms with Crippen molar-refractivity contribution < 1.29 is 9.59 Å². The average molecular weight is 386 g/mol. The van der Waals surface area contributed by atoms with Crippen molar-refractivity contribution >= 4 is 45.2 Å². The number of rotatable bonds is 4. The molecule has 2 rings (SSSR count). The van der Waals surface area contributed by atoms with Crippen LogP contribution >= 0.6 is 27.3 Å². The highest BCUT2D eigenvalue weighted by atomic mass is 79.9. The van der Waals surface area contributed by atoms with Crippen LogP contribution in [0.3, 0.4) is 0 Å². The van der Waals surface area contributed by atoms with Crippen LogP contribution in [0, 0.1) is 0 Å². The van der Waals surface area contributed by atoms with Gasteiger partial charge in [0, 0.05) is 37.1 Å². The Labute approximate surface area is 143 Å². The summed E-state index contributed by atoms with van der Waals surface area (Å²) >= 11 is 4.99. The average Bonchev–Trinajstić information content (AvgIpc) is 2.90. The second-order valence-corrected chi connectivity index (χ2v) is 7.91. The fraction of sp³-hybridized carbons (Fsp3) is 0.467. The Morgan fingerprint density at radius 3 is 2.41 bits per heavy atom. The summed E-state index contributed by atoms with van der Waals surface area (Å²) in [7, 11) is 3.76. The zero-order valence-electron chi connectivity index (χ0n) is 12.8. The molecule has 2 amide bonds. The summed E-state index contributed by atoms with van der Waals surface area (Å²) in [5, 5.41) is 0. The van der Waals surface area contributed by atoms with Gasteiger partial charge in [0.15, 0.2) is 0 Å². The van der Waals surface area contributed by atoms with Crippen molar-refractivity contribution in [2.24, 2.45) is 0 Å². The standard InChI is InChI=1S/C15H20BrN3O2S/c1-17(2)11-15(21)19-9-7-18(8-10-19)14(20)6-4-12-3-5-13(16)22-12/h3-6H,7-11H2,1-2H3. The van der Waals surface area contributed by atoms with Gasteiger partial charge in [-0.3, -0.25) is 9.59 Å². The van der Waals surface area contributed by atoms with Crippen molar-refractivity contribution in [3.63, 3.8) is 0 Å². The maximum Gasteiger partial charge on any atom is 0.246 e. The van der Waals surface area contributed by atoms with E-state index in [1.807, 2.05) is 42.1 Å². The third-order valence-corrected chi connectivity index (χ3v) is 4.97. The van der Waals surface area contributed by atoms with E-state index in [2.05, 4.69) is 15.9 Å². The first-order chi connectivity index (χ1) is 10.5. The minimum absolute atomic E-state index is 0.00392. The van der Waals surface area contributed by atoms with Gasteiger partial charge >= 0.3 is 0 Å². The Morgan fingerprint density at radius 2 is 1.86 bits per heavy atom. The number of hydrogen-bond donors (Lipinski definition) is 0. The summed E-state index contributed by atoms with van der Waals surface area (Å²) < 4.78 is 1.05. The van der Waals surface area contributed by atoms with E-state index in [-0.39, 0.29) is 11.8 Å². The van der Waals surface area contributed by atoms with Gasteiger partial charge in [-0.25, -0.2) is 0 Å². The highest BCUT2D eigenvalue weighted by molar-refractivity contribution is 9.11. The minimum atomic E-state index is 0.00392. The van der Waals surface area contributed by atoms with E-state index in [4.69, 9.17) is 0 Å². The van der Waals surface area contributed by atoms with E-state index in [1.165, 1.54) is 0 Å². The summed E-state index contributed by atoms with van der Waals surface area (Å²) in [6, 6.07) is 3.93. The Bertz CT molecular complexity index is 563. The number of hydrogen-bond acceptors (Lipinski definition) is 4. The molecule has 7 heteroatoms. The SMILES string of the molecule is CN(C)CC(=O)N1CCN(C(=O)C=Cc2ccc(Br)s2)CC1. The monoisotopic (exact) mass is 385 g/mol. The molecular formula is C15H20BrN3O2S. The van der Waals surface area contributed by atoms with Gasteiger partial charge in [0.25, 0.3) is 0 Å². The molecule has 22 heavy (non-hydrogen) atoms. The summed E-state index contributed by atoms with van der Waals surface area (Å²) in [5.74, 6) is 0.125. The predicted octanol–water partition coefficient (Wildman–Crippen LogP) is 1.76. The van der Waals surface area contributed by atoms with Crippen LogP contribution in [-0.2, 0) is 9.59 Å². The highest BCUT2D eigenvalue weighted by Gasteiger charge is 2.23. The van der Waals surface area contributed by atoms with Crippen LogP contribution in [0.5, 0.6) is 0 Å². The van der Waals surface area contributed by atoms with Crippen molar-refractivity contribution in [3.8, 4) is 0 Å². The maximum absolute atomic E-state index is 12.2. The molecule has 1 aromatic heterocycles. The number of halogens is 1. The lowest BCUT2D eigenvalue weighted by Crippen LogP contribution is -2.51. The maximum atomic E-state index is 12.2. The molecule has 1 saturated heterocycles. The lowest BCUT2D eigenvalue weighted by molar-refractivity contribution is -0.137. The minimum Gasteiger partial charge on any atom is -0.338 e. The zero-order chi connectivity index (χ0) is 16.1. The normalized spacial score (nSPS) is 15.8. The van der Waals surface area contributed by atoms with Crippen molar-refractivity contribution in [1.29, 1.82) is 0 Å². The van der Waals surface area contributed by atoms with Crippen molar-refractivity contribution in [1.82, 2.24) is 14.7 Å². The topological polar surface area (TPSA) is 43.9 Å². The molecule has 5 nitrogen and oxygen atoms in total. The first-order valence-electron chi connectivity index (χ1n) is 7.10. The zero-order valence-corrected chi connectivity index (χ0v) is 15.2. The molecule has 1 fully saturated rings. The summed E-state index contributed by atoms with van der Waals surface area (Å²) in [5.41, 5.74) is 0. The van der Waals surface area contributed by atoms with Crippen LogP contribution in [0.1, 0.15) is 4.88 Å². The molecule has 0 spiro atoms. The molecule has 1 aliphatic heterocycles. The number of carbonyl (C=O) groups is 2. The van der Waals surface area contributed by atoms with Gasteiger partial charge in [-0.05, 0) is 48.2 Å². The summed E-state index contributed by atoms with van der Waals surface area (Å²) in [6.45, 7) is 2.82. The molecule has 0 unspecified atom stereocenters. The highest BCUT2D eigenvalue weighted by Crippen LogP contribution is 2.23. The number of nitrogens with zero attached hydrogens (tertiary/aromatic N) is 3. The second-order valence-electron chi connectivity index (χ2n) is 5.42. The van der Waals surface area contributed by atoms with E-state index in [0.29, 0.717) is 32.7 Å². The molecule has 1 aliphatic rings. The fourth-order valence-corrected chi connectivity index (χ4v) is 3.55. The molecule has 120 valence electrons. The van der Waals surface area contributed by atoms with Crippen molar-refractivity contribution in [2.75, 3.05) is 46.8 Å². The van der Waals surface area contributed by atoms with E-state index in [1.54, 1.807) is 22.3 Å². The number of thiophene rings is 1. The van der Waals surface area contributed by atoms with Crippen LogP contribution in [0.4, 0.5) is 0 Å². The molecule has 0 saturated carbocycles. The molecule has 0 N–H and O–H groups in total.